The van der Waals surface area contributed by atoms with Gasteiger partial charge in [0.2, 0.25) is 0 Å². The third-order valence-electron chi connectivity index (χ3n) is 2.84. The molecule has 6 heteroatoms. The SMILES string of the molecule is CCOc1ccc(OCC)c(Nc2ccc(C(=O)O)cn2)c1. The molecule has 0 aliphatic heterocycles. The summed E-state index contributed by atoms with van der Waals surface area (Å²) in [5.41, 5.74) is 0.849. The minimum absolute atomic E-state index is 0.138. The molecule has 0 saturated heterocycles. The molecule has 22 heavy (non-hydrogen) atoms. The molecule has 0 saturated carbocycles. The minimum atomic E-state index is -1.01. The first kappa shape index (κ1) is 15.6. The van der Waals surface area contributed by atoms with Gasteiger partial charge in [0.1, 0.15) is 17.3 Å². The van der Waals surface area contributed by atoms with Gasteiger partial charge in [0.25, 0.3) is 0 Å². The van der Waals surface area contributed by atoms with Crippen LogP contribution in [0.3, 0.4) is 0 Å². The molecule has 0 aliphatic carbocycles. The van der Waals surface area contributed by atoms with E-state index in [0.29, 0.717) is 30.5 Å². The maximum absolute atomic E-state index is 10.8. The van der Waals surface area contributed by atoms with Crippen molar-refractivity contribution in [1.29, 1.82) is 0 Å². The molecule has 0 spiro atoms. The van der Waals surface area contributed by atoms with Gasteiger partial charge in [-0.3, -0.25) is 0 Å². The van der Waals surface area contributed by atoms with Gasteiger partial charge in [-0.15, -0.1) is 0 Å². The van der Waals surface area contributed by atoms with Crippen LogP contribution in [0, 0.1) is 0 Å². The number of benzene rings is 1. The number of carboxylic acids is 1. The summed E-state index contributed by atoms with van der Waals surface area (Å²) in [4.78, 5) is 14.9. The van der Waals surface area contributed by atoms with Gasteiger partial charge in [0.15, 0.2) is 0 Å². The molecule has 0 unspecified atom stereocenters. The highest BCUT2D eigenvalue weighted by Gasteiger charge is 2.08. The van der Waals surface area contributed by atoms with Crippen molar-refractivity contribution in [3.05, 3.63) is 42.1 Å². The molecule has 0 radical (unpaired) electrons. The van der Waals surface area contributed by atoms with E-state index in [0.717, 1.165) is 5.75 Å². The topological polar surface area (TPSA) is 80.7 Å². The first-order chi connectivity index (χ1) is 10.6. The van der Waals surface area contributed by atoms with E-state index in [9.17, 15) is 4.79 Å². The molecule has 2 rings (SSSR count). The monoisotopic (exact) mass is 302 g/mol. The second-order valence-corrected chi connectivity index (χ2v) is 4.39. The zero-order chi connectivity index (χ0) is 15.9. The average Bonchev–Trinajstić information content (AvgIpc) is 2.51. The van der Waals surface area contributed by atoms with E-state index in [1.807, 2.05) is 32.0 Å². The van der Waals surface area contributed by atoms with Crippen molar-refractivity contribution in [1.82, 2.24) is 4.98 Å². The number of rotatable bonds is 7. The Hall–Kier alpha value is -2.76. The van der Waals surface area contributed by atoms with Gasteiger partial charge in [-0.05, 0) is 38.1 Å². The molecule has 0 atom stereocenters. The lowest BCUT2D eigenvalue weighted by Crippen LogP contribution is -2.02. The van der Waals surface area contributed by atoms with E-state index in [1.165, 1.54) is 12.3 Å². The number of ether oxygens (including phenoxy) is 2. The van der Waals surface area contributed by atoms with Crippen molar-refractivity contribution in [3.63, 3.8) is 0 Å². The number of pyridine rings is 1. The maximum Gasteiger partial charge on any atom is 0.337 e. The predicted molar refractivity (Wildman–Crippen MR) is 83.3 cm³/mol. The van der Waals surface area contributed by atoms with E-state index in [4.69, 9.17) is 14.6 Å². The van der Waals surface area contributed by atoms with E-state index in [2.05, 4.69) is 10.3 Å². The molecule has 0 amide bonds. The third-order valence-corrected chi connectivity index (χ3v) is 2.84. The zero-order valence-electron chi connectivity index (χ0n) is 12.5. The molecular formula is C16H18N2O4. The number of nitrogens with zero attached hydrogens (tertiary/aromatic N) is 1. The van der Waals surface area contributed by atoms with E-state index < -0.39 is 5.97 Å². The minimum Gasteiger partial charge on any atom is -0.494 e. The molecule has 116 valence electrons. The van der Waals surface area contributed by atoms with Crippen LogP contribution in [0.2, 0.25) is 0 Å². The number of anilines is 2. The van der Waals surface area contributed by atoms with E-state index in [-0.39, 0.29) is 5.56 Å². The van der Waals surface area contributed by atoms with E-state index in [1.54, 1.807) is 6.07 Å². The number of hydrogen-bond acceptors (Lipinski definition) is 5. The molecular weight excluding hydrogens is 284 g/mol. The van der Waals surface area contributed by atoms with Crippen LogP contribution in [0.1, 0.15) is 24.2 Å². The van der Waals surface area contributed by atoms with Gasteiger partial charge in [-0.2, -0.15) is 0 Å². The fourth-order valence-corrected chi connectivity index (χ4v) is 1.88. The third kappa shape index (κ3) is 3.88. The van der Waals surface area contributed by atoms with Gasteiger partial charge in [0, 0.05) is 12.3 Å². The van der Waals surface area contributed by atoms with Gasteiger partial charge < -0.3 is 19.9 Å². The highest BCUT2D eigenvalue weighted by molar-refractivity contribution is 5.87. The quantitative estimate of drug-likeness (QED) is 0.816. The van der Waals surface area contributed by atoms with Crippen molar-refractivity contribution in [3.8, 4) is 11.5 Å². The van der Waals surface area contributed by atoms with Crippen molar-refractivity contribution in [2.75, 3.05) is 18.5 Å². The summed E-state index contributed by atoms with van der Waals surface area (Å²) in [5, 5.41) is 12.0. The zero-order valence-corrected chi connectivity index (χ0v) is 12.5. The summed E-state index contributed by atoms with van der Waals surface area (Å²) in [6.07, 6.45) is 1.30. The van der Waals surface area contributed by atoms with Crippen LogP contribution in [-0.2, 0) is 0 Å². The molecule has 0 aliphatic rings. The lowest BCUT2D eigenvalue weighted by molar-refractivity contribution is 0.0696. The Balaban J connectivity index is 2.25. The van der Waals surface area contributed by atoms with Crippen molar-refractivity contribution in [2.24, 2.45) is 0 Å². The van der Waals surface area contributed by atoms with Gasteiger partial charge in [-0.25, -0.2) is 9.78 Å². The largest absolute Gasteiger partial charge is 0.494 e. The molecule has 0 bridgehead atoms. The van der Waals surface area contributed by atoms with Crippen LogP contribution < -0.4 is 14.8 Å². The summed E-state index contributed by atoms with van der Waals surface area (Å²) in [6, 6.07) is 8.57. The van der Waals surface area contributed by atoms with Gasteiger partial charge in [-0.1, -0.05) is 0 Å². The molecule has 1 aromatic heterocycles. The lowest BCUT2D eigenvalue weighted by Gasteiger charge is -2.14. The summed E-state index contributed by atoms with van der Waals surface area (Å²) in [7, 11) is 0. The molecule has 6 nitrogen and oxygen atoms in total. The van der Waals surface area contributed by atoms with E-state index >= 15 is 0 Å². The highest BCUT2D eigenvalue weighted by atomic mass is 16.5. The van der Waals surface area contributed by atoms with Crippen LogP contribution in [-0.4, -0.2) is 29.3 Å². The van der Waals surface area contributed by atoms with Crippen molar-refractivity contribution >= 4 is 17.5 Å². The Labute approximate surface area is 128 Å². The van der Waals surface area contributed by atoms with Crippen LogP contribution in [0.4, 0.5) is 11.5 Å². The molecule has 2 N–H and O–H groups in total. The van der Waals surface area contributed by atoms with Crippen LogP contribution in [0.5, 0.6) is 11.5 Å². The first-order valence-electron chi connectivity index (χ1n) is 7.00. The first-order valence-corrected chi connectivity index (χ1v) is 7.00. The second kappa shape index (κ2) is 7.31. The number of aromatic nitrogens is 1. The summed E-state index contributed by atoms with van der Waals surface area (Å²) >= 11 is 0. The molecule has 2 aromatic rings. The van der Waals surface area contributed by atoms with Crippen LogP contribution in [0.15, 0.2) is 36.5 Å². The molecule has 1 heterocycles. The Bertz CT molecular complexity index is 641. The smallest absolute Gasteiger partial charge is 0.337 e. The van der Waals surface area contributed by atoms with Gasteiger partial charge >= 0.3 is 5.97 Å². The van der Waals surface area contributed by atoms with Crippen molar-refractivity contribution < 1.29 is 19.4 Å². The van der Waals surface area contributed by atoms with Crippen LogP contribution >= 0.6 is 0 Å². The Morgan fingerprint density at radius 3 is 2.55 bits per heavy atom. The summed E-state index contributed by atoms with van der Waals surface area (Å²) < 4.78 is 11.0. The van der Waals surface area contributed by atoms with Gasteiger partial charge in [0.05, 0.1) is 24.5 Å². The predicted octanol–water partition coefficient (Wildman–Crippen LogP) is 3.32. The Morgan fingerprint density at radius 1 is 1.18 bits per heavy atom. The number of hydrogen-bond donors (Lipinski definition) is 2. The maximum atomic E-state index is 10.8. The number of carbonyl (C=O) groups is 1. The summed E-state index contributed by atoms with van der Waals surface area (Å²) in [6.45, 7) is 4.92. The highest BCUT2D eigenvalue weighted by Crippen LogP contribution is 2.31. The lowest BCUT2D eigenvalue weighted by atomic mass is 10.2. The summed E-state index contributed by atoms with van der Waals surface area (Å²) in [5.74, 6) is 0.915. The Morgan fingerprint density at radius 2 is 1.95 bits per heavy atom. The average molecular weight is 302 g/mol. The van der Waals surface area contributed by atoms with Crippen molar-refractivity contribution in [2.45, 2.75) is 13.8 Å². The second-order valence-electron chi connectivity index (χ2n) is 4.39. The molecule has 0 fully saturated rings. The normalized spacial score (nSPS) is 10.1. The standard InChI is InChI=1S/C16H18N2O4/c1-3-21-12-6-7-14(22-4-2)13(9-12)18-15-8-5-11(10-17-15)16(19)20/h5-10H,3-4H2,1-2H3,(H,17,18)(H,19,20). The fourth-order valence-electron chi connectivity index (χ4n) is 1.88. The number of carboxylic acid groups (broad SMARTS) is 1. The molecule has 1 aromatic carbocycles. The number of nitrogens with one attached hydrogen (secondary N) is 1. The van der Waals surface area contributed by atoms with Crippen LogP contribution in [0.25, 0.3) is 0 Å². The fraction of sp³-hybridized carbons (Fsp3) is 0.250. The number of aromatic carboxylic acids is 1. The Kier molecular flexibility index (Phi) is 5.19.